The van der Waals surface area contributed by atoms with Gasteiger partial charge < -0.3 is 10.4 Å². The highest BCUT2D eigenvalue weighted by Crippen LogP contribution is 2.19. The van der Waals surface area contributed by atoms with Crippen LogP contribution in [0.4, 0.5) is 0 Å². The normalized spacial score (nSPS) is 21.3. The first-order valence-corrected chi connectivity index (χ1v) is 10.5. The van der Waals surface area contributed by atoms with Crippen molar-refractivity contribution in [1.29, 1.82) is 0 Å². The highest BCUT2D eigenvalue weighted by atomic mass is 35.5. The minimum absolute atomic E-state index is 0.117. The fourth-order valence-corrected chi connectivity index (χ4v) is 4.33. The third kappa shape index (κ3) is 6.21. The molecule has 1 amide bonds. The summed E-state index contributed by atoms with van der Waals surface area (Å²) in [4.78, 5) is 13.9. The van der Waals surface area contributed by atoms with Gasteiger partial charge in [-0.25, -0.2) is 12.7 Å². The molecule has 0 bridgehead atoms. The maximum atomic E-state index is 12.1. The number of carbonyl (C=O) groups excluding carboxylic acids is 1. The third-order valence-electron chi connectivity index (χ3n) is 4.46. The molecule has 26 heavy (non-hydrogen) atoms. The lowest BCUT2D eigenvalue weighted by Gasteiger charge is -2.17. The van der Waals surface area contributed by atoms with Crippen molar-refractivity contribution >= 4 is 27.5 Å². The average molecular weight is 404 g/mol. The quantitative estimate of drug-likeness (QED) is 0.646. The lowest BCUT2D eigenvalue weighted by molar-refractivity contribution is -0.122. The summed E-state index contributed by atoms with van der Waals surface area (Å²) >= 11 is 5.93. The summed E-state index contributed by atoms with van der Waals surface area (Å²) in [5, 5.41) is 13.6. The lowest BCUT2D eigenvalue weighted by atomic mass is 10.1. The first-order valence-electron chi connectivity index (χ1n) is 8.49. The van der Waals surface area contributed by atoms with Crippen LogP contribution in [0.3, 0.4) is 0 Å². The topological polar surface area (TPSA) is 90.0 Å². The van der Waals surface area contributed by atoms with E-state index < -0.39 is 16.1 Å². The van der Waals surface area contributed by atoms with Crippen LogP contribution in [0.2, 0.25) is 5.02 Å². The molecule has 0 aliphatic carbocycles. The largest absolute Gasteiger partial charge is 0.391 e. The molecule has 0 spiro atoms. The lowest BCUT2D eigenvalue weighted by Crippen LogP contribution is -2.37. The zero-order valence-corrected chi connectivity index (χ0v) is 16.6. The van der Waals surface area contributed by atoms with E-state index in [-0.39, 0.29) is 24.1 Å². The minimum atomic E-state index is -3.38. The Morgan fingerprint density at radius 1 is 1.38 bits per heavy atom. The van der Waals surface area contributed by atoms with Gasteiger partial charge in [0.1, 0.15) is 0 Å². The molecule has 7 nitrogen and oxygen atoms in total. The summed E-state index contributed by atoms with van der Waals surface area (Å²) in [6.07, 6.45) is -0.0671. The van der Waals surface area contributed by atoms with Crippen LogP contribution in [0.1, 0.15) is 5.56 Å². The molecule has 2 rings (SSSR count). The fraction of sp³-hybridized carbons (Fsp3) is 0.588. The number of nitrogens with zero attached hydrogens (tertiary/aromatic N) is 2. The monoisotopic (exact) mass is 403 g/mol. The Kier molecular flexibility index (Phi) is 7.42. The summed E-state index contributed by atoms with van der Waals surface area (Å²) in [6.45, 7) is 1.32. The van der Waals surface area contributed by atoms with Crippen LogP contribution in [0.15, 0.2) is 24.3 Å². The number of rotatable bonds is 8. The van der Waals surface area contributed by atoms with Gasteiger partial charge in [0.25, 0.3) is 0 Å². The summed E-state index contributed by atoms with van der Waals surface area (Å²) < 4.78 is 25.1. The van der Waals surface area contributed by atoms with Crippen molar-refractivity contribution < 1.29 is 18.3 Å². The van der Waals surface area contributed by atoms with E-state index in [9.17, 15) is 18.3 Å². The molecule has 1 aliphatic rings. The Bertz CT molecular complexity index is 726. The standard InChI is InChI=1S/C17H26ClN3O4S/c1-20(2)26(24,25)12-14-9-21(10-16(14)22)11-17(23)19-7-6-13-4-3-5-15(18)8-13/h3-5,8,14,16,22H,6-7,9-12H2,1-2H3,(H,19,23)/t14-,16+/m0/s1. The van der Waals surface area contributed by atoms with E-state index in [1.54, 1.807) is 11.0 Å². The van der Waals surface area contributed by atoms with Gasteiger partial charge in [-0.3, -0.25) is 9.69 Å². The van der Waals surface area contributed by atoms with E-state index in [1.807, 2.05) is 18.2 Å². The molecule has 1 saturated heterocycles. The zero-order chi connectivity index (χ0) is 19.3. The van der Waals surface area contributed by atoms with Crippen molar-refractivity contribution in [2.45, 2.75) is 12.5 Å². The molecule has 0 aromatic heterocycles. The van der Waals surface area contributed by atoms with E-state index in [0.717, 1.165) is 9.87 Å². The Hall–Kier alpha value is -1.19. The molecule has 1 fully saturated rings. The number of benzene rings is 1. The van der Waals surface area contributed by atoms with Crippen molar-refractivity contribution in [3.8, 4) is 0 Å². The fourth-order valence-electron chi connectivity index (χ4n) is 2.95. The number of nitrogens with one attached hydrogen (secondary N) is 1. The van der Waals surface area contributed by atoms with Crippen molar-refractivity contribution in [3.63, 3.8) is 0 Å². The van der Waals surface area contributed by atoms with Gasteiger partial charge in [-0.15, -0.1) is 0 Å². The average Bonchev–Trinajstić information content (AvgIpc) is 2.86. The maximum Gasteiger partial charge on any atom is 0.234 e. The van der Waals surface area contributed by atoms with Crippen molar-refractivity contribution in [2.24, 2.45) is 5.92 Å². The SMILES string of the molecule is CN(C)S(=O)(=O)C[C@@H]1CN(CC(=O)NCCc2cccc(Cl)c2)C[C@H]1O. The second-order valence-electron chi connectivity index (χ2n) is 6.81. The number of likely N-dealkylation sites (tertiary alicyclic amines) is 1. The van der Waals surface area contributed by atoms with Crippen LogP contribution in [-0.2, 0) is 21.2 Å². The Morgan fingerprint density at radius 3 is 2.77 bits per heavy atom. The zero-order valence-electron chi connectivity index (χ0n) is 15.1. The highest BCUT2D eigenvalue weighted by molar-refractivity contribution is 7.89. The summed E-state index contributed by atoms with van der Waals surface area (Å²) in [5.41, 5.74) is 1.04. The van der Waals surface area contributed by atoms with E-state index >= 15 is 0 Å². The highest BCUT2D eigenvalue weighted by Gasteiger charge is 2.35. The first kappa shape index (κ1) is 21.1. The third-order valence-corrected chi connectivity index (χ3v) is 6.65. The number of carbonyl (C=O) groups is 1. The molecule has 0 unspecified atom stereocenters. The Labute approximate surface area is 160 Å². The molecule has 1 heterocycles. The van der Waals surface area contributed by atoms with E-state index in [4.69, 9.17) is 11.6 Å². The Morgan fingerprint density at radius 2 is 2.12 bits per heavy atom. The number of β-amino-alcohol motifs (C(OH)–C–C–N with tert-alkyl or cyclic N) is 1. The number of halogens is 1. The second-order valence-corrected chi connectivity index (χ2v) is 9.48. The predicted octanol–water partition coefficient (Wildman–Crippen LogP) is 0.183. The van der Waals surface area contributed by atoms with Gasteiger partial charge in [0.2, 0.25) is 15.9 Å². The maximum absolute atomic E-state index is 12.1. The number of amides is 1. The van der Waals surface area contributed by atoms with E-state index in [1.165, 1.54) is 14.1 Å². The van der Waals surface area contributed by atoms with Gasteiger partial charge in [-0.1, -0.05) is 23.7 Å². The molecule has 0 radical (unpaired) electrons. The summed E-state index contributed by atoms with van der Waals surface area (Å²) in [5.74, 6) is -0.648. The van der Waals surface area contributed by atoms with Crippen LogP contribution in [0.5, 0.6) is 0 Å². The van der Waals surface area contributed by atoms with Gasteiger partial charge >= 0.3 is 0 Å². The number of sulfonamides is 1. The minimum Gasteiger partial charge on any atom is -0.391 e. The van der Waals surface area contributed by atoms with Crippen LogP contribution in [-0.4, -0.2) is 80.8 Å². The summed E-state index contributed by atoms with van der Waals surface area (Å²) in [6, 6.07) is 7.48. The van der Waals surface area contributed by atoms with Gasteiger partial charge in [-0.05, 0) is 24.1 Å². The molecular weight excluding hydrogens is 378 g/mol. The number of aliphatic hydroxyl groups excluding tert-OH is 1. The molecule has 146 valence electrons. The van der Waals surface area contributed by atoms with E-state index in [0.29, 0.717) is 31.1 Å². The smallest absolute Gasteiger partial charge is 0.234 e. The van der Waals surface area contributed by atoms with Gasteiger partial charge in [0.15, 0.2) is 0 Å². The summed E-state index contributed by atoms with van der Waals surface area (Å²) in [7, 11) is -0.431. The van der Waals surface area contributed by atoms with Crippen LogP contribution in [0, 0.1) is 5.92 Å². The van der Waals surface area contributed by atoms with Crippen LogP contribution >= 0.6 is 11.6 Å². The van der Waals surface area contributed by atoms with Crippen LogP contribution < -0.4 is 5.32 Å². The molecule has 2 N–H and O–H groups in total. The van der Waals surface area contributed by atoms with Gasteiger partial charge in [-0.2, -0.15) is 0 Å². The van der Waals surface area contributed by atoms with Crippen LogP contribution in [0.25, 0.3) is 0 Å². The molecule has 1 aromatic carbocycles. The Balaban J connectivity index is 1.75. The molecule has 9 heteroatoms. The predicted molar refractivity (Wildman–Crippen MR) is 102 cm³/mol. The van der Waals surface area contributed by atoms with Crippen molar-refractivity contribution in [3.05, 3.63) is 34.9 Å². The first-order chi connectivity index (χ1) is 12.2. The number of aliphatic hydroxyl groups is 1. The molecule has 2 atom stereocenters. The molecule has 1 aromatic rings. The molecular formula is C17H26ClN3O4S. The second kappa shape index (κ2) is 9.14. The number of hydrogen-bond acceptors (Lipinski definition) is 5. The van der Waals surface area contributed by atoms with Crippen molar-refractivity contribution in [1.82, 2.24) is 14.5 Å². The van der Waals surface area contributed by atoms with Gasteiger partial charge in [0, 0.05) is 44.7 Å². The van der Waals surface area contributed by atoms with Gasteiger partial charge in [0.05, 0.1) is 18.4 Å². The van der Waals surface area contributed by atoms with Crippen molar-refractivity contribution in [2.75, 3.05) is 46.0 Å². The number of hydrogen-bond donors (Lipinski definition) is 2. The molecule has 1 aliphatic heterocycles. The van der Waals surface area contributed by atoms with E-state index in [2.05, 4.69) is 5.32 Å². The molecule has 0 saturated carbocycles.